The molecular formula is C30H19Br2N. The zero-order chi connectivity index (χ0) is 22.4. The molecule has 0 spiro atoms. The van der Waals surface area contributed by atoms with Gasteiger partial charge in [0.15, 0.2) is 0 Å². The van der Waals surface area contributed by atoms with E-state index in [1.165, 1.54) is 49.7 Å². The van der Waals surface area contributed by atoms with E-state index in [2.05, 4.69) is 152 Å². The first kappa shape index (κ1) is 20.5. The Bertz CT molecular complexity index is 1610. The summed E-state index contributed by atoms with van der Waals surface area (Å²) in [6, 6.07) is 41.2. The summed E-state index contributed by atoms with van der Waals surface area (Å²) in [7, 11) is 0. The second kappa shape index (κ2) is 8.33. The maximum absolute atomic E-state index is 3.61. The summed E-state index contributed by atoms with van der Waals surface area (Å²) >= 11 is 7.23. The molecule has 6 rings (SSSR count). The molecule has 0 unspecified atom stereocenters. The maximum Gasteiger partial charge on any atom is 0.0541 e. The summed E-state index contributed by atoms with van der Waals surface area (Å²) in [5.41, 5.74) is 8.43. The van der Waals surface area contributed by atoms with Gasteiger partial charge in [-0.15, -0.1) is 0 Å². The molecule has 0 radical (unpaired) electrons. The average molecular weight is 553 g/mol. The SMILES string of the molecule is Brc1cc(Br)cc(-c2cccc(-c3ccc4c(c3)c3ccccc3n4-c3ccccc3)c2)c1. The van der Waals surface area contributed by atoms with Crippen molar-refractivity contribution in [2.24, 2.45) is 0 Å². The number of aromatic nitrogens is 1. The van der Waals surface area contributed by atoms with E-state index in [4.69, 9.17) is 0 Å². The van der Waals surface area contributed by atoms with Gasteiger partial charge in [0, 0.05) is 25.4 Å². The number of rotatable bonds is 3. The molecule has 0 saturated carbocycles. The Hall–Kier alpha value is -3.14. The molecule has 1 aromatic heterocycles. The van der Waals surface area contributed by atoms with Crippen molar-refractivity contribution in [2.45, 2.75) is 0 Å². The lowest BCUT2D eigenvalue weighted by molar-refractivity contribution is 1.18. The number of para-hydroxylation sites is 2. The molecule has 0 aliphatic heterocycles. The first-order chi connectivity index (χ1) is 16.2. The lowest BCUT2D eigenvalue weighted by Gasteiger charge is -2.09. The molecule has 1 heterocycles. The van der Waals surface area contributed by atoms with Crippen LogP contribution in [0.2, 0.25) is 0 Å². The highest BCUT2D eigenvalue weighted by atomic mass is 79.9. The molecule has 3 heteroatoms. The van der Waals surface area contributed by atoms with Crippen LogP contribution in [0.4, 0.5) is 0 Å². The molecule has 0 amide bonds. The van der Waals surface area contributed by atoms with Crippen LogP contribution in [0.25, 0.3) is 49.7 Å². The van der Waals surface area contributed by atoms with Crippen LogP contribution in [0.1, 0.15) is 0 Å². The van der Waals surface area contributed by atoms with E-state index in [1.54, 1.807) is 0 Å². The number of benzene rings is 5. The van der Waals surface area contributed by atoms with Gasteiger partial charge in [-0.3, -0.25) is 0 Å². The molecule has 6 aromatic rings. The van der Waals surface area contributed by atoms with Crippen molar-refractivity contribution in [3.05, 3.63) is 124 Å². The van der Waals surface area contributed by atoms with Gasteiger partial charge in [-0.2, -0.15) is 0 Å². The van der Waals surface area contributed by atoms with Gasteiger partial charge in [-0.05, 0) is 76.9 Å². The topological polar surface area (TPSA) is 4.93 Å². The van der Waals surface area contributed by atoms with E-state index in [-0.39, 0.29) is 0 Å². The van der Waals surface area contributed by atoms with Crippen molar-refractivity contribution in [3.8, 4) is 27.9 Å². The fourth-order valence-electron chi connectivity index (χ4n) is 4.61. The van der Waals surface area contributed by atoms with Gasteiger partial charge in [0.05, 0.1) is 11.0 Å². The summed E-state index contributed by atoms with van der Waals surface area (Å²) in [5.74, 6) is 0. The molecular weight excluding hydrogens is 534 g/mol. The Morgan fingerprint density at radius 3 is 1.85 bits per heavy atom. The second-order valence-electron chi connectivity index (χ2n) is 8.16. The van der Waals surface area contributed by atoms with Gasteiger partial charge in [0.2, 0.25) is 0 Å². The van der Waals surface area contributed by atoms with Crippen molar-refractivity contribution in [1.29, 1.82) is 0 Å². The Morgan fingerprint density at radius 1 is 0.424 bits per heavy atom. The monoisotopic (exact) mass is 551 g/mol. The fraction of sp³-hybridized carbons (Fsp3) is 0. The average Bonchev–Trinajstić information content (AvgIpc) is 3.18. The van der Waals surface area contributed by atoms with Crippen LogP contribution in [0, 0.1) is 0 Å². The van der Waals surface area contributed by atoms with E-state index >= 15 is 0 Å². The predicted molar refractivity (Wildman–Crippen MR) is 147 cm³/mol. The largest absolute Gasteiger partial charge is 0.309 e. The molecule has 0 aliphatic carbocycles. The zero-order valence-electron chi connectivity index (χ0n) is 17.7. The van der Waals surface area contributed by atoms with Crippen molar-refractivity contribution in [2.75, 3.05) is 0 Å². The first-order valence-corrected chi connectivity index (χ1v) is 12.4. The standard InChI is InChI=1S/C30H19Br2N/c31-24-16-23(17-25(32)19-24)21-8-6-7-20(15-21)22-13-14-30-28(18-22)27-11-4-5-12-29(27)33(30)26-9-2-1-3-10-26/h1-19H. The predicted octanol–water partition coefficient (Wildman–Crippen LogP) is 9.64. The third-order valence-electron chi connectivity index (χ3n) is 6.08. The molecule has 33 heavy (non-hydrogen) atoms. The Kier molecular flexibility index (Phi) is 5.17. The number of nitrogens with zero attached hydrogens (tertiary/aromatic N) is 1. The highest BCUT2D eigenvalue weighted by Gasteiger charge is 2.13. The molecule has 0 N–H and O–H groups in total. The Morgan fingerprint density at radius 2 is 1.06 bits per heavy atom. The maximum atomic E-state index is 3.61. The molecule has 158 valence electrons. The van der Waals surface area contributed by atoms with Crippen LogP contribution in [-0.2, 0) is 0 Å². The summed E-state index contributed by atoms with van der Waals surface area (Å²) < 4.78 is 4.48. The van der Waals surface area contributed by atoms with Crippen molar-refractivity contribution >= 4 is 53.7 Å². The lowest BCUT2D eigenvalue weighted by Crippen LogP contribution is -1.92. The molecule has 1 nitrogen and oxygen atoms in total. The summed E-state index contributed by atoms with van der Waals surface area (Å²) in [5, 5.41) is 2.54. The number of fused-ring (bicyclic) bond motifs is 3. The van der Waals surface area contributed by atoms with Crippen LogP contribution in [0.5, 0.6) is 0 Å². The van der Waals surface area contributed by atoms with Crippen LogP contribution < -0.4 is 0 Å². The smallest absolute Gasteiger partial charge is 0.0541 e. The normalized spacial score (nSPS) is 11.3. The van der Waals surface area contributed by atoms with E-state index < -0.39 is 0 Å². The minimum Gasteiger partial charge on any atom is -0.309 e. The minimum absolute atomic E-state index is 1.06. The minimum atomic E-state index is 1.06. The van der Waals surface area contributed by atoms with Crippen LogP contribution in [-0.4, -0.2) is 4.57 Å². The van der Waals surface area contributed by atoms with Crippen molar-refractivity contribution in [1.82, 2.24) is 4.57 Å². The highest BCUT2D eigenvalue weighted by Crippen LogP contribution is 2.36. The number of hydrogen-bond acceptors (Lipinski definition) is 0. The Balaban J connectivity index is 1.54. The number of hydrogen-bond donors (Lipinski definition) is 0. The van der Waals surface area contributed by atoms with E-state index in [9.17, 15) is 0 Å². The zero-order valence-corrected chi connectivity index (χ0v) is 20.8. The third-order valence-corrected chi connectivity index (χ3v) is 6.99. The molecule has 0 aliphatic rings. The second-order valence-corrected chi connectivity index (χ2v) is 9.99. The molecule has 5 aromatic carbocycles. The number of halogens is 2. The Labute approximate surface area is 209 Å². The molecule has 0 atom stereocenters. The van der Waals surface area contributed by atoms with Gasteiger partial charge < -0.3 is 4.57 Å². The van der Waals surface area contributed by atoms with Crippen molar-refractivity contribution < 1.29 is 0 Å². The van der Waals surface area contributed by atoms with Gasteiger partial charge in [-0.25, -0.2) is 0 Å². The fourth-order valence-corrected chi connectivity index (χ4v) is 5.90. The van der Waals surface area contributed by atoms with Crippen molar-refractivity contribution in [3.63, 3.8) is 0 Å². The van der Waals surface area contributed by atoms with Gasteiger partial charge >= 0.3 is 0 Å². The summed E-state index contributed by atoms with van der Waals surface area (Å²) in [4.78, 5) is 0. The molecule has 0 fully saturated rings. The summed E-state index contributed by atoms with van der Waals surface area (Å²) in [6.07, 6.45) is 0. The van der Waals surface area contributed by atoms with Gasteiger partial charge in [0.25, 0.3) is 0 Å². The molecule has 0 saturated heterocycles. The van der Waals surface area contributed by atoms with E-state index in [1.807, 2.05) is 0 Å². The molecule has 0 bridgehead atoms. The van der Waals surface area contributed by atoms with Crippen LogP contribution >= 0.6 is 31.9 Å². The third kappa shape index (κ3) is 3.72. The van der Waals surface area contributed by atoms with Crippen LogP contribution in [0.15, 0.2) is 124 Å². The summed E-state index contributed by atoms with van der Waals surface area (Å²) in [6.45, 7) is 0. The van der Waals surface area contributed by atoms with E-state index in [0.29, 0.717) is 0 Å². The van der Waals surface area contributed by atoms with Crippen LogP contribution in [0.3, 0.4) is 0 Å². The lowest BCUT2D eigenvalue weighted by atomic mass is 9.98. The quantitative estimate of drug-likeness (QED) is 0.206. The van der Waals surface area contributed by atoms with Gasteiger partial charge in [0.1, 0.15) is 0 Å². The van der Waals surface area contributed by atoms with Gasteiger partial charge in [-0.1, -0.05) is 92.5 Å². The highest BCUT2D eigenvalue weighted by molar-refractivity contribution is 9.11. The van der Waals surface area contributed by atoms with E-state index in [0.717, 1.165) is 8.95 Å². The first-order valence-electron chi connectivity index (χ1n) is 10.8.